The van der Waals surface area contributed by atoms with Gasteiger partial charge in [-0.2, -0.15) is 0 Å². The second-order valence-corrected chi connectivity index (χ2v) is 16.2. The van der Waals surface area contributed by atoms with Crippen molar-refractivity contribution in [3.63, 3.8) is 0 Å². The molecule has 0 aliphatic heterocycles. The Labute approximate surface area is 164 Å². The van der Waals surface area contributed by atoms with Crippen LogP contribution in [-0.4, -0.2) is 142 Å². The van der Waals surface area contributed by atoms with Crippen molar-refractivity contribution in [3.05, 3.63) is 0 Å². The van der Waals surface area contributed by atoms with E-state index < -0.39 is 13.4 Å². The van der Waals surface area contributed by atoms with Crippen LogP contribution in [0.25, 0.3) is 0 Å². The van der Waals surface area contributed by atoms with Crippen LogP contribution in [0.5, 0.6) is 0 Å². The molecule has 18 heavy (non-hydrogen) atoms. The third-order valence-corrected chi connectivity index (χ3v) is 2.53. The van der Waals surface area contributed by atoms with E-state index in [2.05, 4.69) is 13.0 Å². The predicted octanol–water partition coefficient (Wildman–Crippen LogP) is -2.30. The van der Waals surface area contributed by atoms with Crippen LogP contribution in [0.3, 0.4) is 0 Å². The van der Waals surface area contributed by atoms with Gasteiger partial charge in [-0.15, -0.1) is 0 Å². The summed E-state index contributed by atoms with van der Waals surface area (Å²) in [7, 11) is 0. The molecule has 6 N–H and O–H groups in total. The Hall–Kier alpha value is 3.87. The van der Waals surface area contributed by atoms with Crippen LogP contribution in [0.4, 0.5) is 0 Å². The van der Waals surface area contributed by atoms with Gasteiger partial charge in [0, 0.05) is 0 Å². The Bertz CT molecular complexity index is 405. The van der Waals surface area contributed by atoms with E-state index in [-0.39, 0.29) is 100.0 Å². The average molecular weight is 414 g/mol. The van der Waals surface area contributed by atoms with Crippen molar-refractivity contribution in [1.82, 2.24) is 0 Å². The maximum atomic E-state index is 9.69. The molecule has 0 heterocycles. The first kappa shape index (κ1) is 26.8. The molecule has 0 aliphatic rings. The Morgan fingerprint density at radius 2 is 0.667 bits per heavy atom. The Kier molecular flexibility index (Phi) is 19.8. The maximum absolute atomic E-state index is 9.69. The molecular weight excluding hydrogens is 408 g/mol. The zero-order valence-corrected chi connectivity index (χ0v) is 17.6. The van der Waals surface area contributed by atoms with Crippen molar-refractivity contribution in [3.8, 4) is 0 Å². The molecule has 102 valence electrons. The van der Waals surface area contributed by atoms with Crippen LogP contribution in [0, 0.1) is 0 Å². The normalized spacial score (nSPS) is 20.0. The molecule has 0 spiro atoms. The fraction of sp³-hybridized carbons (Fsp3) is 0. The second kappa shape index (κ2) is 13.3. The van der Waals surface area contributed by atoms with Gasteiger partial charge in [-0.3, -0.25) is 0 Å². The van der Waals surface area contributed by atoms with Gasteiger partial charge in [0.05, 0.1) is 0 Å². The molecule has 0 saturated heterocycles. The predicted molar refractivity (Wildman–Crippen MR) is 60.7 cm³/mol. The van der Waals surface area contributed by atoms with E-state index >= 15 is 0 Å². The standard InChI is InChI=1S/3Ca.3H2O4S/c;;;3*1-4-5(2)3/h;;;3*1H,(H,2,3). The van der Waals surface area contributed by atoms with Crippen LogP contribution in [0.2, 0.25) is 0 Å². The number of rotatable bonds is 3. The zero-order valence-electron chi connectivity index (χ0n) is 8.48. The molecule has 0 aromatic carbocycles. The summed E-state index contributed by atoms with van der Waals surface area (Å²) in [6.45, 7) is 0. The summed E-state index contributed by atoms with van der Waals surface area (Å²) in [5, 5.41) is 22.2. The van der Waals surface area contributed by atoms with Gasteiger partial charge in [-0.25, -0.2) is 0 Å². The molecule has 0 saturated carbocycles. The minimum atomic E-state index is -3.23. The van der Waals surface area contributed by atoms with Gasteiger partial charge < -0.3 is 0 Å². The molecular formula is H6Ca3O12S3. The fourth-order valence-electron chi connectivity index (χ4n) is 0. The summed E-state index contributed by atoms with van der Waals surface area (Å²) in [5.74, 6) is 0. The summed E-state index contributed by atoms with van der Waals surface area (Å²) in [4.78, 5) is 0. The van der Waals surface area contributed by atoms with Gasteiger partial charge >= 0.3 is 168 Å². The number of hydrogen-bond acceptors (Lipinski definition) is 9. The van der Waals surface area contributed by atoms with Crippen molar-refractivity contribution < 1.29 is 55.1 Å². The van der Waals surface area contributed by atoms with Crippen molar-refractivity contribution in [2.24, 2.45) is 0 Å². The van der Waals surface area contributed by atoms with Crippen molar-refractivity contribution in [1.29, 1.82) is 0 Å². The third kappa shape index (κ3) is 42.7. The molecule has 0 radical (unpaired) electrons. The van der Waals surface area contributed by atoms with E-state index in [0.29, 0.717) is 0 Å². The average Bonchev–Trinajstić information content (AvgIpc) is 2.16. The van der Waals surface area contributed by atoms with Crippen molar-refractivity contribution in [2.45, 2.75) is 0 Å². The molecule has 0 amide bonds. The summed E-state index contributed by atoms with van der Waals surface area (Å²) < 4.78 is 52.4. The van der Waals surface area contributed by atoms with Crippen LogP contribution < -0.4 is 0 Å². The summed E-state index contributed by atoms with van der Waals surface area (Å²) in [5.41, 5.74) is 0. The van der Waals surface area contributed by atoms with E-state index in [0.717, 1.165) is 0 Å². The topological polar surface area (TPSA) is 200 Å². The first-order chi connectivity index (χ1) is 7.68. The van der Waals surface area contributed by atoms with Gasteiger partial charge in [0.25, 0.3) is 0 Å². The fourth-order valence-corrected chi connectivity index (χ4v) is 0. The summed E-state index contributed by atoms with van der Waals surface area (Å²) in [6, 6.07) is 0. The first-order valence-electron chi connectivity index (χ1n) is 2.96. The SMILES string of the molecule is O=[S](O)(=[Ca])OO.O=[S](O)(=[Ca])OO.O=[S](O)(=[Ca])OO. The van der Waals surface area contributed by atoms with E-state index in [1.54, 1.807) is 0 Å². The Morgan fingerprint density at radius 3 is 0.667 bits per heavy atom. The zero-order chi connectivity index (χ0) is 15.6. The van der Waals surface area contributed by atoms with Crippen LogP contribution >= 0.6 is 0 Å². The number of hydrogen-bond donors (Lipinski definition) is 6. The van der Waals surface area contributed by atoms with E-state index in [1.165, 1.54) is 0 Å². The molecule has 0 fully saturated rings. The molecule has 0 aliphatic carbocycles. The van der Waals surface area contributed by atoms with Crippen molar-refractivity contribution in [2.75, 3.05) is 0 Å². The van der Waals surface area contributed by atoms with Crippen LogP contribution in [0.15, 0.2) is 0 Å². The van der Waals surface area contributed by atoms with Crippen LogP contribution in [-0.2, 0) is 26.4 Å². The monoisotopic (exact) mass is 414 g/mol. The summed E-state index contributed by atoms with van der Waals surface area (Å²) >= 11 is 0.0938. The van der Waals surface area contributed by atoms with Gasteiger partial charge in [-0.05, 0) is 0 Å². The van der Waals surface area contributed by atoms with Gasteiger partial charge in [0.1, 0.15) is 0 Å². The van der Waals surface area contributed by atoms with Gasteiger partial charge in [-0.1, -0.05) is 0 Å². The molecule has 3 atom stereocenters. The molecule has 0 bridgehead atoms. The summed E-state index contributed by atoms with van der Waals surface area (Å²) in [6.07, 6.45) is 0. The molecule has 12 nitrogen and oxygen atoms in total. The molecule has 0 aromatic rings. The molecule has 3 unspecified atom stereocenters. The molecule has 0 aromatic heterocycles. The van der Waals surface area contributed by atoms with E-state index in [9.17, 15) is 12.6 Å². The molecule has 0 rings (SSSR count). The molecule has 18 heteroatoms. The quantitative estimate of drug-likeness (QED) is 0.164. The van der Waals surface area contributed by atoms with E-state index in [4.69, 9.17) is 29.4 Å². The minimum absolute atomic E-state index is 0.0312. The van der Waals surface area contributed by atoms with Gasteiger partial charge in [0.2, 0.25) is 0 Å². The van der Waals surface area contributed by atoms with E-state index in [1.807, 2.05) is 0 Å². The second-order valence-electron chi connectivity index (χ2n) is 1.97. The van der Waals surface area contributed by atoms with Crippen LogP contribution in [0.1, 0.15) is 0 Å². The van der Waals surface area contributed by atoms with Crippen molar-refractivity contribution >= 4 is 113 Å². The Morgan fingerprint density at radius 1 is 0.611 bits per heavy atom. The van der Waals surface area contributed by atoms with Gasteiger partial charge in [0.15, 0.2) is 0 Å². The third-order valence-electron chi connectivity index (χ3n) is 0.349. The first-order valence-corrected chi connectivity index (χ1v) is 15.9. The Balaban J connectivity index is -0.000000187.